The second-order valence-corrected chi connectivity index (χ2v) is 6.71. The van der Waals surface area contributed by atoms with Crippen LogP contribution in [0.4, 0.5) is 5.69 Å². The molecule has 3 rings (SSSR count). The standard InChI is InChI=1S/C24H22N2O4/c1-16(23(28)26-21-14-8-12-19-11-6-7-13-20(19)21)30-24(29)22(25-17(2)27)15-18-9-4-3-5-10-18/h3-16H,1-2H3,(H,25,27)(H,26,28)/b22-15-/t16-/m1/s1. The molecular weight excluding hydrogens is 380 g/mol. The number of carbonyl (C=O) groups excluding carboxylic acids is 3. The lowest BCUT2D eigenvalue weighted by molar-refractivity contribution is -0.149. The van der Waals surface area contributed by atoms with Crippen LogP contribution in [0.2, 0.25) is 0 Å². The van der Waals surface area contributed by atoms with Gasteiger partial charge in [0.15, 0.2) is 6.10 Å². The molecule has 0 radical (unpaired) electrons. The Morgan fingerprint density at radius 2 is 1.57 bits per heavy atom. The van der Waals surface area contributed by atoms with E-state index in [0.29, 0.717) is 11.3 Å². The summed E-state index contributed by atoms with van der Waals surface area (Å²) in [5.74, 6) is -1.68. The van der Waals surface area contributed by atoms with Crippen LogP contribution in [0.25, 0.3) is 16.8 Å². The number of fused-ring (bicyclic) bond motifs is 1. The van der Waals surface area contributed by atoms with E-state index in [2.05, 4.69) is 10.6 Å². The number of hydrogen-bond acceptors (Lipinski definition) is 4. The Morgan fingerprint density at radius 3 is 2.30 bits per heavy atom. The Bertz CT molecular complexity index is 1100. The van der Waals surface area contributed by atoms with Gasteiger partial charge in [-0.05, 0) is 30.0 Å². The van der Waals surface area contributed by atoms with Crippen molar-refractivity contribution in [2.45, 2.75) is 20.0 Å². The maximum Gasteiger partial charge on any atom is 0.355 e. The number of carbonyl (C=O) groups is 3. The molecule has 0 fully saturated rings. The van der Waals surface area contributed by atoms with Gasteiger partial charge >= 0.3 is 5.97 Å². The van der Waals surface area contributed by atoms with Gasteiger partial charge in [-0.2, -0.15) is 0 Å². The summed E-state index contributed by atoms with van der Waals surface area (Å²) in [5.41, 5.74) is 1.30. The molecule has 6 nitrogen and oxygen atoms in total. The molecule has 0 unspecified atom stereocenters. The smallest absolute Gasteiger partial charge is 0.355 e. The summed E-state index contributed by atoms with van der Waals surface area (Å²) in [6.45, 7) is 2.77. The molecule has 2 N–H and O–H groups in total. The van der Waals surface area contributed by atoms with Gasteiger partial charge in [0.2, 0.25) is 5.91 Å². The van der Waals surface area contributed by atoms with E-state index in [9.17, 15) is 14.4 Å². The second kappa shape index (κ2) is 9.52. The molecule has 3 aromatic rings. The highest BCUT2D eigenvalue weighted by atomic mass is 16.5. The molecule has 152 valence electrons. The largest absolute Gasteiger partial charge is 0.448 e. The van der Waals surface area contributed by atoms with Gasteiger partial charge in [-0.15, -0.1) is 0 Å². The first-order valence-corrected chi connectivity index (χ1v) is 9.48. The van der Waals surface area contributed by atoms with Crippen molar-refractivity contribution in [1.82, 2.24) is 5.32 Å². The summed E-state index contributed by atoms with van der Waals surface area (Å²) in [5, 5.41) is 7.13. The molecule has 0 aliphatic carbocycles. The molecule has 0 aromatic heterocycles. The minimum atomic E-state index is -1.07. The molecule has 1 atom stereocenters. The Morgan fingerprint density at radius 1 is 0.900 bits per heavy atom. The van der Waals surface area contributed by atoms with Crippen LogP contribution in [-0.2, 0) is 19.1 Å². The molecule has 6 heteroatoms. The van der Waals surface area contributed by atoms with Crippen molar-refractivity contribution in [3.8, 4) is 0 Å². The quantitative estimate of drug-likeness (QED) is 0.484. The fraction of sp³-hybridized carbons (Fsp3) is 0.125. The normalized spacial score (nSPS) is 12.1. The van der Waals surface area contributed by atoms with Crippen LogP contribution in [-0.4, -0.2) is 23.9 Å². The van der Waals surface area contributed by atoms with Crippen LogP contribution in [0, 0.1) is 0 Å². The summed E-state index contributed by atoms with van der Waals surface area (Å²) in [6.07, 6.45) is 0.434. The van der Waals surface area contributed by atoms with Gasteiger partial charge in [-0.25, -0.2) is 4.79 Å². The summed E-state index contributed by atoms with van der Waals surface area (Å²) >= 11 is 0. The van der Waals surface area contributed by atoms with E-state index < -0.39 is 23.9 Å². The van der Waals surface area contributed by atoms with Crippen LogP contribution in [0.15, 0.2) is 78.5 Å². The molecule has 0 spiro atoms. The van der Waals surface area contributed by atoms with Gasteiger partial charge < -0.3 is 15.4 Å². The van der Waals surface area contributed by atoms with Crippen molar-refractivity contribution in [2.24, 2.45) is 0 Å². The van der Waals surface area contributed by atoms with E-state index in [1.807, 2.05) is 54.6 Å². The minimum Gasteiger partial charge on any atom is -0.448 e. The number of ether oxygens (including phenoxy) is 1. The molecular formula is C24H22N2O4. The Labute approximate surface area is 174 Å². The highest BCUT2D eigenvalue weighted by Gasteiger charge is 2.22. The zero-order chi connectivity index (χ0) is 21.5. The van der Waals surface area contributed by atoms with Crippen molar-refractivity contribution in [2.75, 3.05) is 5.32 Å². The maximum absolute atomic E-state index is 12.6. The van der Waals surface area contributed by atoms with Crippen molar-refractivity contribution in [3.05, 3.63) is 84.1 Å². The molecule has 0 aliphatic heterocycles. The number of hydrogen-bond donors (Lipinski definition) is 2. The third-order valence-electron chi connectivity index (χ3n) is 4.34. The van der Waals surface area contributed by atoms with Gasteiger partial charge in [0.05, 0.1) is 0 Å². The van der Waals surface area contributed by atoms with Gasteiger partial charge in [0.1, 0.15) is 5.70 Å². The predicted octanol–water partition coefficient (Wildman–Crippen LogP) is 3.89. The van der Waals surface area contributed by atoms with Gasteiger partial charge in [0, 0.05) is 18.0 Å². The third kappa shape index (κ3) is 5.32. The van der Waals surface area contributed by atoms with Crippen LogP contribution < -0.4 is 10.6 Å². The van der Waals surface area contributed by atoms with Gasteiger partial charge in [0.25, 0.3) is 5.91 Å². The summed E-state index contributed by atoms with van der Waals surface area (Å²) in [6, 6.07) is 22.2. The second-order valence-electron chi connectivity index (χ2n) is 6.71. The fourth-order valence-corrected chi connectivity index (χ4v) is 2.90. The van der Waals surface area contributed by atoms with Crippen LogP contribution in [0.5, 0.6) is 0 Å². The third-order valence-corrected chi connectivity index (χ3v) is 4.34. The maximum atomic E-state index is 12.6. The molecule has 0 saturated carbocycles. The molecule has 30 heavy (non-hydrogen) atoms. The van der Waals surface area contributed by atoms with Gasteiger partial charge in [-0.3, -0.25) is 9.59 Å². The van der Waals surface area contributed by atoms with E-state index in [-0.39, 0.29) is 5.70 Å². The van der Waals surface area contributed by atoms with Crippen molar-refractivity contribution < 1.29 is 19.1 Å². The van der Waals surface area contributed by atoms with Crippen LogP contribution in [0.1, 0.15) is 19.4 Å². The first kappa shape index (κ1) is 20.8. The Hall–Kier alpha value is -3.93. The Kier molecular flexibility index (Phi) is 6.60. The van der Waals surface area contributed by atoms with E-state index in [1.54, 1.807) is 18.2 Å². The number of rotatable bonds is 6. The lowest BCUT2D eigenvalue weighted by atomic mass is 10.1. The monoisotopic (exact) mass is 402 g/mol. The average Bonchev–Trinajstić information content (AvgIpc) is 2.74. The number of amides is 2. The molecule has 0 bridgehead atoms. The summed E-state index contributed by atoms with van der Waals surface area (Å²) in [7, 11) is 0. The van der Waals surface area contributed by atoms with E-state index in [4.69, 9.17) is 4.74 Å². The van der Waals surface area contributed by atoms with Gasteiger partial charge in [-0.1, -0.05) is 66.7 Å². The van der Waals surface area contributed by atoms with E-state index in [1.165, 1.54) is 19.9 Å². The zero-order valence-corrected chi connectivity index (χ0v) is 16.7. The van der Waals surface area contributed by atoms with E-state index >= 15 is 0 Å². The predicted molar refractivity (Wildman–Crippen MR) is 116 cm³/mol. The number of nitrogens with one attached hydrogen (secondary N) is 2. The van der Waals surface area contributed by atoms with Crippen molar-refractivity contribution in [1.29, 1.82) is 0 Å². The summed E-state index contributed by atoms with van der Waals surface area (Å²) in [4.78, 5) is 36.7. The van der Waals surface area contributed by atoms with Crippen LogP contribution >= 0.6 is 0 Å². The molecule has 0 aliphatic rings. The first-order valence-electron chi connectivity index (χ1n) is 9.48. The average molecular weight is 402 g/mol. The molecule has 0 saturated heterocycles. The highest BCUT2D eigenvalue weighted by molar-refractivity contribution is 6.05. The lowest BCUT2D eigenvalue weighted by Crippen LogP contribution is -2.33. The highest BCUT2D eigenvalue weighted by Crippen LogP contribution is 2.23. The van der Waals surface area contributed by atoms with Crippen molar-refractivity contribution in [3.63, 3.8) is 0 Å². The van der Waals surface area contributed by atoms with E-state index in [0.717, 1.165) is 10.8 Å². The molecule has 2 amide bonds. The molecule has 3 aromatic carbocycles. The topological polar surface area (TPSA) is 84.5 Å². The first-order chi connectivity index (χ1) is 14.4. The minimum absolute atomic E-state index is 0.0430. The van der Waals surface area contributed by atoms with Crippen molar-refractivity contribution >= 4 is 40.3 Å². The summed E-state index contributed by atoms with van der Waals surface area (Å²) < 4.78 is 5.30. The fourth-order valence-electron chi connectivity index (χ4n) is 2.90. The SMILES string of the molecule is CC(=O)N/C(=C\c1ccccc1)C(=O)O[C@H](C)C(=O)Nc1cccc2ccccc12. The number of esters is 1. The number of anilines is 1. The lowest BCUT2D eigenvalue weighted by Gasteiger charge is -2.16. The molecule has 0 heterocycles. The Balaban J connectivity index is 1.73. The number of benzene rings is 3. The van der Waals surface area contributed by atoms with Crippen LogP contribution in [0.3, 0.4) is 0 Å². The zero-order valence-electron chi connectivity index (χ0n) is 16.7.